The van der Waals surface area contributed by atoms with Crippen molar-refractivity contribution in [3.8, 4) is 5.75 Å². The third kappa shape index (κ3) is 3.05. The van der Waals surface area contributed by atoms with Crippen LogP contribution in [0.5, 0.6) is 5.75 Å². The molecule has 2 atom stereocenters. The maximum atomic E-state index is 6.29. The molecule has 2 nitrogen and oxygen atoms in total. The molecule has 0 aliphatic carbocycles. The molecule has 0 amide bonds. The first-order chi connectivity index (χ1) is 9.72. The van der Waals surface area contributed by atoms with Gasteiger partial charge in [-0.1, -0.05) is 52.3 Å². The molecule has 0 fully saturated rings. The van der Waals surface area contributed by atoms with Gasteiger partial charge in [0.15, 0.2) is 0 Å². The molecular formula is C17H18BrNO. The Kier molecular flexibility index (Phi) is 4.08. The predicted molar refractivity (Wildman–Crippen MR) is 85.0 cm³/mol. The highest BCUT2D eigenvalue weighted by Crippen LogP contribution is 2.30. The number of hydrogen-bond acceptors (Lipinski definition) is 2. The number of benzene rings is 2. The molecule has 20 heavy (non-hydrogen) atoms. The molecule has 0 saturated heterocycles. The number of para-hydroxylation sites is 1. The Morgan fingerprint density at radius 2 is 1.90 bits per heavy atom. The summed E-state index contributed by atoms with van der Waals surface area (Å²) in [5, 5.41) is 0. The Bertz CT molecular complexity index is 574. The average molecular weight is 332 g/mol. The minimum Gasteiger partial charge on any atom is -0.490 e. The monoisotopic (exact) mass is 331 g/mol. The minimum atomic E-state index is 0.119. The van der Waals surface area contributed by atoms with Gasteiger partial charge in [-0.2, -0.15) is 0 Å². The van der Waals surface area contributed by atoms with Crippen LogP contribution in [-0.4, -0.2) is 12.1 Å². The van der Waals surface area contributed by atoms with E-state index in [4.69, 9.17) is 10.5 Å². The van der Waals surface area contributed by atoms with Crippen LogP contribution in [0.25, 0.3) is 0 Å². The van der Waals surface area contributed by atoms with Gasteiger partial charge in [0, 0.05) is 23.4 Å². The topological polar surface area (TPSA) is 35.2 Å². The molecule has 0 spiro atoms. The largest absolute Gasteiger partial charge is 0.490 e. The molecular weight excluding hydrogens is 314 g/mol. The van der Waals surface area contributed by atoms with E-state index in [-0.39, 0.29) is 12.1 Å². The highest BCUT2D eigenvalue weighted by atomic mass is 79.9. The van der Waals surface area contributed by atoms with Gasteiger partial charge in [-0.05, 0) is 29.7 Å². The Hall–Kier alpha value is -1.32. The molecule has 0 bridgehead atoms. The summed E-state index contributed by atoms with van der Waals surface area (Å²) >= 11 is 3.57. The van der Waals surface area contributed by atoms with Crippen molar-refractivity contribution in [1.82, 2.24) is 0 Å². The van der Waals surface area contributed by atoms with Gasteiger partial charge in [0.2, 0.25) is 0 Å². The summed E-state index contributed by atoms with van der Waals surface area (Å²) in [5.41, 5.74) is 8.85. The van der Waals surface area contributed by atoms with E-state index in [9.17, 15) is 0 Å². The quantitative estimate of drug-likeness (QED) is 0.926. The van der Waals surface area contributed by atoms with Gasteiger partial charge in [0.05, 0.1) is 0 Å². The van der Waals surface area contributed by atoms with Crippen molar-refractivity contribution in [2.24, 2.45) is 5.73 Å². The first-order valence-corrected chi connectivity index (χ1v) is 7.75. The maximum Gasteiger partial charge on any atom is 0.123 e. The molecule has 1 aliphatic heterocycles. The number of ether oxygens (including phenoxy) is 1. The van der Waals surface area contributed by atoms with Crippen LogP contribution in [0, 0.1) is 0 Å². The van der Waals surface area contributed by atoms with Crippen molar-refractivity contribution in [1.29, 1.82) is 0 Å². The van der Waals surface area contributed by atoms with Crippen LogP contribution in [-0.2, 0) is 12.8 Å². The molecule has 3 rings (SSSR count). The van der Waals surface area contributed by atoms with E-state index in [0.29, 0.717) is 0 Å². The van der Waals surface area contributed by atoms with Crippen molar-refractivity contribution in [3.05, 3.63) is 64.1 Å². The zero-order valence-corrected chi connectivity index (χ0v) is 12.8. The molecule has 0 saturated carbocycles. The third-order valence-corrected chi connectivity index (χ3v) is 4.49. The Morgan fingerprint density at radius 3 is 2.70 bits per heavy atom. The summed E-state index contributed by atoms with van der Waals surface area (Å²) in [4.78, 5) is 0. The summed E-state index contributed by atoms with van der Waals surface area (Å²) in [6.07, 6.45) is 2.94. The predicted octanol–water partition coefficient (Wildman–Crippen LogP) is 3.71. The van der Waals surface area contributed by atoms with Gasteiger partial charge in [0.1, 0.15) is 11.9 Å². The lowest BCUT2D eigenvalue weighted by atomic mass is 9.99. The van der Waals surface area contributed by atoms with E-state index in [1.54, 1.807) is 0 Å². The van der Waals surface area contributed by atoms with Crippen LogP contribution in [0.4, 0.5) is 0 Å². The van der Waals surface area contributed by atoms with Gasteiger partial charge >= 0.3 is 0 Å². The van der Waals surface area contributed by atoms with Gasteiger partial charge in [-0.15, -0.1) is 0 Å². The lowest BCUT2D eigenvalue weighted by Crippen LogP contribution is -2.30. The first kappa shape index (κ1) is 13.7. The molecule has 1 heterocycles. The Balaban J connectivity index is 1.59. The summed E-state index contributed by atoms with van der Waals surface area (Å²) in [7, 11) is 0. The van der Waals surface area contributed by atoms with Crippen LogP contribution < -0.4 is 10.5 Å². The first-order valence-electron chi connectivity index (χ1n) is 6.96. The molecule has 1 aliphatic rings. The van der Waals surface area contributed by atoms with E-state index in [0.717, 1.165) is 29.5 Å². The average Bonchev–Trinajstić information content (AvgIpc) is 2.83. The molecule has 2 N–H and O–H groups in total. The van der Waals surface area contributed by atoms with Crippen LogP contribution in [0.1, 0.15) is 17.5 Å². The van der Waals surface area contributed by atoms with Crippen molar-refractivity contribution in [2.45, 2.75) is 31.4 Å². The van der Waals surface area contributed by atoms with Crippen LogP contribution in [0.2, 0.25) is 0 Å². The number of rotatable bonds is 4. The number of nitrogens with two attached hydrogens (primary N) is 1. The van der Waals surface area contributed by atoms with E-state index < -0.39 is 0 Å². The smallest absolute Gasteiger partial charge is 0.123 e. The van der Waals surface area contributed by atoms with Crippen molar-refractivity contribution >= 4 is 15.9 Å². The summed E-state index contributed by atoms with van der Waals surface area (Å²) < 4.78 is 7.08. The molecule has 0 aromatic heterocycles. The molecule has 2 aromatic carbocycles. The van der Waals surface area contributed by atoms with Gasteiger partial charge in [-0.25, -0.2) is 0 Å². The molecule has 104 valence electrons. The van der Waals surface area contributed by atoms with Gasteiger partial charge in [0.25, 0.3) is 0 Å². The zero-order valence-electron chi connectivity index (χ0n) is 11.3. The van der Waals surface area contributed by atoms with Crippen LogP contribution in [0.15, 0.2) is 53.0 Å². The van der Waals surface area contributed by atoms with Crippen molar-refractivity contribution in [3.63, 3.8) is 0 Å². The second-order valence-corrected chi connectivity index (χ2v) is 6.20. The van der Waals surface area contributed by atoms with Crippen molar-refractivity contribution < 1.29 is 4.74 Å². The highest BCUT2D eigenvalue weighted by Gasteiger charge is 2.24. The van der Waals surface area contributed by atoms with E-state index >= 15 is 0 Å². The number of hydrogen-bond donors (Lipinski definition) is 1. The second-order valence-electron chi connectivity index (χ2n) is 5.34. The third-order valence-electron chi connectivity index (χ3n) is 3.72. The fourth-order valence-electron chi connectivity index (χ4n) is 2.75. The standard InChI is InChI=1S/C17H18BrNO/c18-16-7-3-1-5-12(16)9-14(19)11-15-10-13-6-2-4-8-17(13)20-15/h1-8,14-15H,9-11,19H2. The molecule has 0 radical (unpaired) electrons. The van der Waals surface area contributed by atoms with E-state index in [1.165, 1.54) is 11.1 Å². The van der Waals surface area contributed by atoms with Crippen LogP contribution >= 0.6 is 15.9 Å². The summed E-state index contributed by atoms with van der Waals surface area (Å²) in [6.45, 7) is 0. The SMILES string of the molecule is NC(Cc1ccccc1Br)CC1Cc2ccccc2O1. The second kappa shape index (κ2) is 5.98. The Morgan fingerprint density at radius 1 is 1.15 bits per heavy atom. The lowest BCUT2D eigenvalue weighted by Gasteiger charge is -2.17. The fourth-order valence-corrected chi connectivity index (χ4v) is 3.20. The lowest BCUT2D eigenvalue weighted by molar-refractivity contribution is 0.210. The summed E-state index contributed by atoms with van der Waals surface area (Å²) in [6, 6.07) is 16.6. The Labute approximate surface area is 128 Å². The fraction of sp³-hybridized carbons (Fsp3) is 0.294. The normalized spacial score (nSPS) is 18.4. The number of fused-ring (bicyclic) bond motifs is 1. The van der Waals surface area contributed by atoms with Crippen LogP contribution in [0.3, 0.4) is 0 Å². The van der Waals surface area contributed by atoms with Gasteiger partial charge in [-0.3, -0.25) is 0 Å². The van der Waals surface area contributed by atoms with Crippen molar-refractivity contribution in [2.75, 3.05) is 0 Å². The molecule has 3 heteroatoms. The maximum absolute atomic E-state index is 6.29. The number of halogens is 1. The van der Waals surface area contributed by atoms with E-state index in [2.05, 4.69) is 46.3 Å². The van der Waals surface area contributed by atoms with E-state index in [1.807, 2.05) is 18.2 Å². The highest BCUT2D eigenvalue weighted by molar-refractivity contribution is 9.10. The molecule has 2 unspecified atom stereocenters. The zero-order chi connectivity index (χ0) is 13.9. The molecule has 2 aromatic rings. The summed E-state index contributed by atoms with van der Waals surface area (Å²) in [5.74, 6) is 1.02. The minimum absolute atomic E-state index is 0.119. The van der Waals surface area contributed by atoms with Gasteiger partial charge < -0.3 is 10.5 Å².